The van der Waals surface area contributed by atoms with Gasteiger partial charge < -0.3 is 19.6 Å². The van der Waals surface area contributed by atoms with E-state index >= 15 is 0 Å². The maximum atomic E-state index is 9.18. The first-order chi connectivity index (χ1) is 29.1. The number of hydrogen-bond acceptors (Lipinski definition) is 3. The summed E-state index contributed by atoms with van der Waals surface area (Å²) in [4.78, 5) is 3.92. The monoisotopic (exact) mass is 803 g/mol. The van der Waals surface area contributed by atoms with Crippen LogP contribution in [0.2, 0.25) is 0 Å². The summed E-state index contributed by atoms with van der Waals surface area (Å²) in [6, 6.07) is 18.4. The van der Waals surface area contributed by atoms with E-state index < -0.39 is 0 Å². The van der Waals surface area contributed by atoms with Crippen LogP contribution >= 0.6 is 0 Å². The SMILES string of the molecule is C#CCN(CC#C)c1ccc(C(=C\CC(C)(C)C)/C=C/C2=C(c3ccc(C#C)cc3C)C(=C/C=C3\C=C(C(C)(C)C)Oc4cc(N(CC#C)CC#C)ccc43)/CCC2)c([OH2+])c1. The summed E-state index contributed by atoms with van der Waals surface area (Å²) >= 11 is 0. The summed E-state index contributed by atoms with van der Waals surface area (Å²) in [5.74, 6) is 15.7. The molecule has 0 aromatic heterocycles. The van der Waals surface area contributed by atoms with Gasteiger partial charge in [0, 0.05) is 34.0 Å². The number of rotatable bonds is 12. The lowest BCUT2D eigenvalue weighted by molar-refractivity contribution is 0.291. The van der Waals surface area contributed by atoms with E-state index in [1.807, 2.05) is 40.1 Å². The van der Waals surface area contributed by atoms with Crippen molar-refractivity contribution in [3.05, 3.63) is 136 Å². The Morgan fingerprint density at radius 3 is 1.97 bits per heavy atom. The average molecular weight is 804 g/mol. The van der Waals surface area contributed by atoms with E-state index in [1.165, 1.54) is 16.7 Å². The third kappa shape index (κ3) is 11.4. The highest BCUT2D eigenvalue weighted by atomic mass is 16.5. The van der Waals surface area contributed by atoms with Gasteiger partial charge in [-0.2, -0.15) is 0 Å². The highest BCUT2D eigenvalue weighted by Crippen LogP contribution is 2.44. The molecule has 0 amide bonds. The molecule has 4 heteroatoms. The van der Waals surface area contributed by atoms with Gasteiger partial charge in [0.15, 0.2) is 0 Å². The molecule has 0 fully saturated rings. The van der Waals surface area contributed by atoms with Crippen LogP contribution in [-0.4, -0.2) is 31.3 Å². The van der Waals surface area contributed by atoms with Crippen molar-refractivity contribution in [3.63, 3.8) is 0 Å². The Bertz CT molecular complexity index is 2520. The van der Waals surface area contributed by atoms with E-state index in [0.29, 0.717) is 31.9 Å². The van der Waals surface area contributed by atoms with Gasteiger partial charge in [-0.3, -0.25) is 0 Å². The van der Waals surface area contributed by atoms with Crippen LogP contribution in [0.4, 0.5) is 11.4 Å². The van der Waals surface area contributed by atoms with Gasteiger partial charge in [0.2, 0.25) is 0 Å². The van der Waals surface area contributed by atoms with E-state index in [-0.39, 0.29) is 10.8 Å². The minimum absolute atomic E-state index is 0.0561. The first-order valence-corrected chi connectivity index (χ1v) is 20.8. The number of aryl methyl sites for hydroxylation is 1. The van der Waals surface area contributed by atoms with E-state index in [4.69, 9.17) is 36.9 Å². The zero-order valence-corrected chi connectivity index (χ0v) is 37.0. The van der Waals surface area contributed by atoms with Crippen molar-refractivity contribution >= 4 is 28.1 Å². The normalized spacial score (nSPS) is 15.5. The molecule has 3 aromatic carbocycles. The van der Waals surface area contributed by atoms with Crippen LogP contribution in [0.1, 0.15) is 95.0 Å². The molecule has 0 saturated carbocycles. The van der Waals surface area contributed by atoms with Crippen LogP contribution in [0.15, 0.2) is 108 Å². The Hall–Kier alpha value is -6.90. The molecule has 308 valence electrons. The molecule has 1 heterocycles. The Labute approximate surface area is 366 Å². The average Bonchev–Trinajstić information content (AvgIpc) is 3.22. The lowest BCUT2D eigenvalue weighted by Gasteiger charge is -2.30. The van der Waals surface area contributed by atoms with Gasteiger partial charge in [0.05, 0.1) is 37.8 Å². The molecule has 4 nitrogen and oxygen atoms in total. The number of nitrogens with zero attached hydrogens (tertiary/aromatic N) is 2. The van der Waals surface area contributed by atoms with Gasteiger partial charge in [-0.1, -0.05) is 108 Å². The van der Waals surface area contributed by atoms with Gasteiger partial charge in [0.1, 0.15) is 11.5 Å². The van der Waals surface area contributed by atoms with Crippen LogP contribution in [0.25, 0.3) is 16.7 Å². The number of ether oxygens (including phenoxy) is 1. The predicted molar refractivity (Wildman–Crippen MR) is 261 cm³/mol. The molecule has 0 atom stereocenters. The van der Waals surface area contributed by atoms with Gasteiger partial charge in [0.25, 0.3) is 5.75 Å². The molecule has 0 saturated heterocycles. The molecule has 1 aliphatic heterocycles. The number of anilines is 2. The first-order valence-electron chi connectivity index (χ1n) is 20.8. The van der Waals surface area contributed by atoms with Crippen molar-refractivity contribution in [2.75, 3.05) is 36.0 Å². The molecule has 1 aliphatic carbocycles. The molecule has 0 radical (unpaired) electrons. The predicted octanol–water partition coefficient (Wildman–Crippen LogP) is 11.9. The van der Waals surface area contributed by atoms with E-state index in [1.54, 1.807) is 0 Å². The molecule has 0 spiro atoms. The Balaban J connectivity index is 1.68. The van der Waals surface area contributed by atoms with Crippen molar-refractivity contribution in [1.82, 2.24) is 0 Å². The summed E-state index contributed by atoms with van der Waals surface area (Å²) in [7, 11) is 0. The fourth-order valence-corrected chi connectivity index (χ4v) is 7.51. The van der Waals surface area contributed by atoms with E-state index in [0.717, 1.165) is 87.5 Å². The number of fused-ring (bicyclic) bond motifs is 1. The number of hydrogen-bond donors (Lipinski definition) is 0. The third-order valence-corrected chi connectivity index (χ3v) is 10.8. The van der Waals surface area contributed by atoms with Gasteiger partial charge in [-0.05, 0) is 119 Å². The zero-order chi connectivity index (χ0) is 44.3. The van der Waals surface area contributed by atoms with Crippen LogP contribution in [0.5, 0.6) is 11.5 Å². The quantitative estimate of drug-likeness (QED) is 0.104. The molecule has 0 bridgehead atoms. The molecule has 3 aromatic rings. The maximum Gasteiger partial charge on any atom is 0.263 e. The second-order valence-electron chi connectivity index (χ2n) is 17.8. The molecule has 0 unspecified atom stereocenters. The molecular weight excluding hydrogens is 745 g/mol. The van der Waals surface area contributed by atoms with Crippen LogP contribution < -0.4 is 14.5 Å². The van der Waals surface area contributed by atoms with Crippen molar-refractivity contribution in [2.45, 2.75) is 74.1 Å². The molecule has 2 N–H and O–H groups in total. The van der Waals surface area contributed by atoms with Crippen LogP contribution in [-0.2, 0) is 0 Å². The minimum Gasteiger partial charge on any atom is -0.593 e. The lowest BCUT2D eigenvalue weighted by Crippen LogP contribution is -2.24. The van der Waals surface area contributed by atoms with Crippen LogP contribution in [0, 0.1) is 79.5 Å². The third-order valence-electron chi connectivity index (χ3n) is 10.8. The smallest absolute Gasteiger partial charge is 0.263 e. The van der Waals surface area contributed by atoms with Gasteiger partial charge in [-0.15, -0.1) is 32.1 Å². The zero-order valence-electron chi connectivity index (χ0n) is 37.0. The lowest BCUT2D eigenvalue weighted by atomic mass is 9.80. The maximum absolute atomic E-state index is 9.18. The van der Waals surface area contributed by atoms with Gasteiger partial charge >= 0.3 is 0 Å². The van der Waals surface area contributed by atoms with E-state index in [9.17, 15) is 5.11 Å². The second kappa shape index (κ2) is 19.9. The number of allylic oxidation sites excluding steroid dienone is 12. The van der Waals surface area contributed by atoms with Crippen molar-refractivity contribution in [2.24, 2.45) is 10.8 Å². The highest BCUT2D eigenvalue weighted by Gasteiger charge is 2.27. The summed E-state index contributed by atoms with van der Waals surface area (Å²) < 4.78 is 6.59. The number of benzene rings is 3. The number of terminal acetylenes is 5. The summed E-state index contributed by atoms with van der Waals surface area (Å²) in [5.41, 5.74) is 12.3. The van der Waals surface area contributed by atoms with Crippen molar-refractivity contribution in [3.8, 4) is 73.2 Å². The van der Waals surface area contributed by atoms with E-state index in [2.05, 4.69) is 139 Å². The molecular formula is C57H59N2O2+. The van der Waals surface area contributed by atoms with Crippen molar-refractivity contribution in [1.29, 1.82) is 0 Å². The first kappa shape index (κ1) is 45.2. The topological polar surface area (TPSA) is 38.6 Å². The minimum atomic E-state index is -0.235. The van der Waals surface area contributed by atoms with Crippen LogP contribution in [0.3, 0.4) is 0 Å². The second-order valence-corrected chi connectivity index (χ2v) is 17.8. The summed E-state index contributed by atoms with van der Waals surface area (Å²) in [6.07, 6.45) is 45.6. The fourth-order valence-electron chi connectivity index (χ4n) is 7.51. The van der Waals surface area contributed by atoms with Crippen molar-refractivity contribution < 1.29 is 9.84 Å². The molecule has 5 rings (SSSR count). The Morgan fingerprint density at radius 2 is 1.39 bits per heavy atom. The molecule has 2 aliphatic rings. The Morgan fingerprint density at radius 1 is 0.770 bits per heavy atom. The largest absolute Gasteiger partial charge is 0.593 e. The summed E-state index contributed by atoms with van der Waals surface area (Å²) in [5, 5.41) is 9.18. The summed E-state index contributed by atoms with van der Waals surface area (Å²) in [6.45, 7) is 16.8. The standard InChI is InChI=1S/C57H58N2O2/c1-13-33-58(34-14-2)47-26-29-50(52(60)39-47)43(31-32-56(7,8)9)22-23-44-19-18-20-45(55(44)49-28-21-42(17-5)37-41(49)6)24-25-46-38-54(57(10,11)12)61-53-40-48(27-30-51(46)53)59(35-15-3)36-16-4/h1-5,21-31,37-40,60H,18-20,32-36H2,6-12H3/p+1/b23-22+,43-31-,45-24+,46-25+. The van der Waals surface area contributed by atoms with Gasteiger partial charge in [-0.25, -0.2) is 0 Å². The highest BCUT2D eigenvalue weighted by molar-refractivity contribution is 5.89. The Kier molecular flexibility index (Phi) is 14.7. The molecule has 61 heavy (non-hydrogen) atoms. The fraction of sp³-hybridized carbons (Fsp3) is 0.298.